The maximum Gasteiger partial charge on any atom is 0.137 e. The van der Waals surface area contributed by atoms with Gasteiger partial charge in [0.2, 0.25) is 0 Å². The Morgan fingerprint density at radius 2 is 1.71 bits per heavy atom. The lowest BCUT2D eigenvalue weighted by atomic mass is 9.95. The van der Waals surface area contributed by atoms with E-state index in [4.69, 9.17) is 0 Å². The highest BCUT2D eigenvalue weighted by Gasteiger charge is 2.15. The topological polar surface area (TPSA) is 12.0 Å². The van der Waals surface area contributed by atoms with Gasteiger partial charge in [0.25, 0.3) is 0 Å². The van der Waals surface area contributed by atoms with E-state index < -0.39 is 0 Å². The first-order chi connectivity index (χ1) is 9.97. The summed E-state index contributed by atoms with van der Waals surface area (Å²) < 4.78 is 26.7. The van der Waals surface area contributed by atoms with Gasteiger partial charge in [0.1, 0.15) is 11.6 Å². The average molecular weight is 354 g/mol. The molecule has 1 N–H and O–H groups in total. The summed E-state index contributed by atoms with van der Waals surface area (Å²) in [6, 6.07) is 11.6. The minimum atomic E-state index is -0.266. The van der Waals surface area contributed by atoms with Crippen molar-refractivity contribution in [3.63, 3.8) is 0 Å². The van der Waals surface area contributed by atoms with Crippen LogP contribution in [0.5, 0.6) is 0 Å². The van der Waals surface area contributed by atoms with Crippen molar-refractivity contribution in [2.75, 3.05) is 0 Å². The minimum Gasteiger partial charge on any atom is -0.306 e. The molecule has 2 rings (SSSR count). The zero-order valence-electron chi connectivity index (χ0n) is 12.0. The van der Waals surface area contributed by atoms with Crippen molar-refractivity contribution >= 4 is 15.9 Å². The van der Waals surface area contributed by atoms with Gasteiger partial charge in [-0.2, -0.15) is 0 Å². The predicted molar refractivity (Wildman–Crippen MR) is 84.9 cm³/mol. The number of benzene rings is 2. The van der Waals surface area contributed by atoms with Crippen LogP contribution in [0.4, 0.5) is 8.78 Å². The van der Waals surface area contributed by atoms with Crippen molar-refractivity contribution in [3.05, 3.63) is 69.7 Å². The van der Waals surface area contributed by atoms with Crippen LogP contribution in [0.3, 0.4) is 0 Å². The fourth-order valence-electron chi connectivity index (χ4n) is 2.29. The third kappa shape index (κ3) is 4.35. The van der Waals surface area contributed by atoms with E-state index in [-0.39, 0.29) is 17.7 Å². The van der Waals surface area contributed by atoms with E-state index in [2.05, 4.69) is 35.1 Å². The van der Waals surface area contributed by atoms with Gasteiger partial charge in [0.05, 0.1) is 4.47 Å². The van der Waals surface area contributed by atoms with Crippen molar-refractivity contribution < 1.29 is 8.78 Å². The van der Waals surface area contributed by atoms with Crippen LogP contribution in [-0.4, -0.2) is 0 Å². The fourth-order valence-corrected chi connectivity index (χ4v) is 2.71. The quantitative estimate of drug-likeness (QED) is 0.777. The van der Waals surface area contributed by atoms with E-state index in [1.165, 1.54) is 18.2 Å². The van der Waals surface area contributed by atoms with Crippen molar-refractivity contribution in [2.24, 2.45) is 5.92 Å². The predicted octanol–water partition coefficient (Wildman–Crippen LogP) is 5.21. The number of nitrogens with one attached hydrogen (secondary N) is 1. The molecular formula is C17H18BrF2N. The van der Waals surface area contributed by atoms with Crippen molar-refractivity contribution in [1.29, 1.82) is 0 Å². The molecule has 4 heteroatoms. The molecule has 0 spiro atoms. The summed E-state index contributed by atoms with van der Waals surface area (Å²) in [4.78, 5) is 0. The van der Waals surface area contributed by atoms with Crippen LogP contribution in [0, 0.1) is 17.6 Å². The Morgan fingerprint density at radius 1 is 1.05 bits per heavy atom. The van der Waals surface area contributed by atoms with E-state index in [1.54, 1.807) is 24.3 Å². The monoisotopic (exact) mass is 353 g/mol. The first-order valence-electron chi connectivity index (χ1n) is 6.90. The molecule has 1 atom stereocenters. The Hall–Kier alpha value is -1.26. The molecular weight excluding hydrogens is 336 g/mol. The number of hydrogen-bond acceptors (Lipinski definition) is 1. The molecule has 0 amide bonds. The summed E-state index contributed by atoms with van der Waals surface area (Å²) in [6.07, 6.45) is 0. The van der Waals surface area contributed by atoms with Crippen molar-refractivity contribution in [3.8, 4) is 0 Å². The zero-order valence-corrected chi connectivity index (χ0v) is 13.6. The maximum absolute atomic E-state index is 13.2. The first kappa shape index (κ1) is 16.1. The van der Waals surface area contributed by atoms with Gasteiger partial charge in [-0.15, -0.1) is 0 Å². The van der Waals surface area contributed by atoms with Gasteiger partial charge in [0, 0.05) is 12.6 Å². The van der Waals surface area contributed by atoms with Gasteiger partial charge in [-0.3, -0.25) is 0 Å². The maximum atomic E-state index is 13.2. The van der Waals surface area contributed by atoms with E-state index in [9.17, 15) is 8.78 Å². The molecule has 2 aromatic carbocycles. The van der Waals surface area contributed by atoms with Gasteiger partial charge in [-0.25, -0.2) is 8.78 Å². The van der Waals surface area contributed by atoms with Crippen LogP contribution >= 0.6 is 15.9 Å². The normalized spacial score (nSPS) is 12.7. The average Bonchev–Trinajstić information content (AvgIpc) is 2.44. The Kier molecular flexibility index (Phi) is 5.48. The Balaban J connectivity index is 2.09. The van der Waals surface area contributed by atoms with Gasteiger partial charge in [-0.1, -0.05) is 32.0 Å². The second kappa shape index (κ2) is 7.14. The van der Waals surface area contributed by atoms with Gasteiger partial charge in [-0.05, 0) is 57.2 Å². The second-order valence-electron chi connectivity index (χ2n) is 5.40. The smallest absolute Gasteiger partial charge is 0.137 e. The van der Waals surface area contributed by atoms with Crippen molar-refractivity contribution in [2.45, 2.75) is 26.4 Å². The lowest BCUT2D eigenvalue weighted by molar-refractivity contribution is 0.410. The molecule has 21 heavy (non-hydrogen) atoms. The Labute approximate surface area is 132 Å². The van der Waals surface area contributed by atoms with E-state index in [0.717, 1.165) is 11.1 Å². The van der Waals surface area contributed by atoms with E-state index in [0.29, 0.717) is 16.9 Å². The van der Waals surface area contributed by atoms with Gasteiger partial charge >= 0.3 is 0 Å². The Bertz CT molecular complexity index is 596. The summed E-state index contributed by atoms with van der Waals surface area (Å²) in [6.45, 7) is 4.85. The first-order valence-corrected chi connectivity index (χ1v) is 7.69. The van der Waals surface area contributed by atoms with Crippen LogP contribution in [-0.2, 0) is 6.54 Å². The standard InChI is InChI=1S/C17H18BrF2N/c1-11(2)17(13-4-6-14(19)7-5-13)21-10-12-3-8-16(20)15(18)9-12/h3-9,11,17,21H,10H2,1-2H3. The SMILES string of the molecule is CC(C)C(NCc1ccc(F)c(Br)c1)c1ccc(F)cc1. The van der Waals surface area contributed by atoms with Crippen molar-refractivity contribution in [1.82, 2.24) is 5.32 Å². The molecule has 0 radical (unpaired) electrons. The molecule has 0 saturated heterocycles. The number of rotatable bonds is 5. The largest absolute Gasteiger partial charge is 0.306 e. The van der Waals surface area contributed by atoms with Crippen LogP contribution in [0.1, 0.15) is 31.0 Å². The molecule has 0 aliphatic carbocycles. The third-order valence-electron chi connectivity index (χ3n) is 3.41. The van der Waals surface area contributed by atoms with Gasteiger partial charge < -0.3 is 5.32 Å². The molecule has 0 fully saturated rings. The third-order valence-corrected chi connectivity index (χ3v) is 4.01. The number of halogens is 3. The molecule has 0 aliphatic rings. The zero-order chi connectivity index (χ0) is 15.4. The summed E-state index contributed by atoms with van der Waals surface area (Å²) >= 11 is 3.19. The van der Waals surface area contributed by atoms with Crippen LogP contribution in [0.25, 0.3) is 0 Å². The molecule has 1 nitrogen and oxygen atoms in total. The molecule has 0 saturated carbocycles. The van der Waals surface area contributed by atoms with Crippen LogP contribution in [0.2, 0.25) is 0 Å². The molecule has 1 unspecified atom stereocenters. The van der Waals surface area contributed by atoms with Crippen LogP contribution < -0.4 is 5.32 Å². The molecule has 2 aromatic rings. The lowest BCUT2D eigenvalue weighted by Gasteiger charge is -2.23. The summed E-state index contributed by atoms with van der Waals surface area (Å²) in [5.41, 5.74) is 2.05. The van der Waals surface area contributed by atoms with Gasteiger partial charge in [0.15, 0.2) is 0 Å². The lowest BCUT2D eigenvalue weighted by Crippen LogP contribution is -2.25. The second-order valence-corrected chi connectivity index (χ2v) is 6.26. The summed E-state index contributed by atoms with van der Waals surface area (Å²) in [7, 11) is 0. The van der Waals surface area contributed by atoms with E-state index >= 15 is 0 Å². The molecule has 0 aromatic heterocycles. The highest BCUT2D eigenvalue weighted by atomic mass is 79.9. The molecule has 0 aliphatic heterocycles. The molecule has 0 heterocycles. The number of hydrogen-bond donors (Lipinski definition) is 1. The summed E-state index contributed by atoms with van der Waals surface area (Å²) in [5.74, 6) is -0.138. The highest BCUT2D eigenvalue weighted by molar-refractivity contribution is 9.10. The Morgan fingerprint density at radius 3 is 2.29 bits per heavy atom. The van der Waals surface area contributed by atoms with Crippen LogP contribution in [0.15, 0.2) is 46.9 Å². The summed E-state index contributed by atoms with van der Waals surface area (Å²) in [5, 5.41) is 3.45. The molecule has 0 bridgehead atoms. The highest BCUT2D eigenvalue weighted by Crippen LogP contribution is 2.23. The minimum absolute atomic E-state index is 0.120. The van der Waals surface area contributed by atoms with E-state index in [1.807, 2.05) is 0 Å². The molecule has 112 valence electrons. The fraction of sp³-hybridized carbons (Fsp3) is 0.294.